The number of aliphatic hydroxyl groups is 2. The Labute approximate surface area is 136 Å². The van der Waals surface area contributed by atoms with E-state index in [0.717, 1.165) is 5.56 Å². The van der Waals surface area contributed by atoms with Gasteiger partial charge in [-0.1, -0.05) is 17.7 Å². The van der Waals surface area contributed by atoms with Crippen molar-refractivity contribution in [2.24, 2.45) is 0 Å². The zero-order chi connectivity index (χ0) is 17.8. The molecule has 0 saturated heterocycles. The molecule has 1 aromatic carbocycles. The van der Waals surface area contributed by atoms with E-state index in [-0.39, 0.29) is 4.90 Å². The molecule has 0 aliphatic rings. The molecule has 0 radical (unpaired) electrons. The number of sulfonamides is 1. The highest BCUT2D eigenvalue weighted by atomic mass is 32.2. The minimum Gasteiger partial charge on any atom is -0.461 e. The Bertz CT molecular complexity index is 638. The average molecular weight is 345 g/mol. The molecule has 0 unspecified atom stereocenters. The third kappa shape index (κ3) is 5.00. The van der Waals surface area contributed by atoms with Crippen LogP contribution in [0.25, 0.3) is 0 Å². The maximum absolute atomic E-state index is 12.2. The van der Waals surface area contributed by atoms with Gasteiger partial charge in [0.15, 0.2) is 0 Å². The molecule has 0 aromatic heterocycles. The Kier molecular flexibility index (Phi) is 6.29. The smallest absolute Gasteiger partial charge is 0.342 e. The van der Waals surface area contributed by atoms with Crippen molar-refractivity contribution in [1.29, 1.82) is 0 Å². The number of aryl methyl sites for hydroxylation is 1. The standard InChI is InChI=1S/C15H23NO6S/c1-10(2)22-14(18)15(19,12(4)17)9-16-23(20,21)13-7-5-11(3)6-8-13/h5-8,10,12,16-17,19H,9H2,1-4H3/t12-,15+/m0/s1. The molecule has 0 saturated carbocycles. The van der Waals surface area contributed by atoms with Crippen molar-refractivity contribution in [2.75, 3.05) is 6.54 Å². The van der Waals surface area contributed by atoms with Crippen LogP contribution in [-0.2, 0) is 19.6 Å². The first-order chi connectivity index (χ1) is 10.5. The predicted octanol–water partition coefficient (Wildman–Crippen LogP) is 0.337. The minimum atomic E-state index is -3.93. The number of carbonyl (C=O) groups is 1. The van der Waals surface area contributed by atoms with Gasteiger partial charge in [-0.15, -0.1) is 0 Å². The Morgan fingerprint density at radius 1 is 1.26 bits per heavy atom. The van der Waals surface area contributed by atoms with Crippen LogP contribution in [0.2, 0.25) is 0 Å². The fraction of sp³-hybridized carbons (Fsp3) is 0.533. The molecule has 0 amide bonds. The highest BCUT2D eigenvalue weighted by Gasteiger charge is 2.44. The Balaban J connectivity index is 2.94. The molecule has 1 aromatic rings. The summed E-state index contributed by atoms with van der Waals surface area (Å²) in [4.78, 5) is 11.9. The molecule has 0 heterocycles. The van der Waals surface area contributed by atoms with Crippen LogP contribution < -0.4 is 4.72 Å². The molecule has 7 nitrogen and oxygen atoms in total. The number of rotatable bonds is 7. The maximum atomic E-state index is 12.2. The second-order valence-electron chi connectivity index (χ2n) is 5.69. The highest BCUT2D eigenvalue weighted by molar-refractivity contribution is 7.89. The molecular weight excluding hydrogens is 322 g/mol. The van der Waals surface area contributed by atoms with Gasteiger partial charge >= 0.3 is 5.97 Å². The zero-order valence-electron chi connectivity index (χ0n) is 13.6. The van der Waals surface area contributed by atoms with Crippen molar-refractivity contribution in [3.63, 3.8) is 0 Å². The third-order valence-electron chi connectivity index (χ3n) is 3.25. The Morgan fingerprint density at radius 3 is 2.22 bits per heavy atom. The van der Waals surface area contributed by atoms with E-state index in [1.165, 1.54) is 19.1 Å². The molecule has 0 spiro atoms. The molecule has 2 atom stereocenters. The quantitative estimate of drug-likeness (QED) is 0.614. The summed E-state index contributed by atoms with van der Waals surface area (Å²) in [6.45, 7) is 5.46. The normalized spacial score (nSPS) is 16.0. The van der Waals surface area contributed by atoms with Gasteiger partial charge in [-0.2, -0.15) is 0 Å². The van der Waals surface area contributed by atoms with Crippen molar-refractivity contribution in [2.45, 2.75) is 50.4 Å². The molecule has 130 valence electrons. The molecule has 1 rings (SSSR count). The number of esters is 1. The summed E-state index contributed by atoms with van der Waals surface area (Å²) in [7, 11) is -3.93. The van der Waals surface area contributed by atoms with E-state index in [9.17, 15) is 23.4 Å². The van der Waals surface area contributed by atoms with E-state index in [2.05, 4.69) is 4.72 Å². The highest BCUT2D eigenvalue weighted by Crippen LogP contribution is 2.16. The fourth-order valence-corrected chi connectivity index (χ4v) is 2.78. The molecular formula is C15H23NO6S. The Hall–Kier alpha value is -1.48. The van der Waals surface area contributed by atoms with Crippen LogP contribution in [0.5, 0.6) is 0 Å². The van der Waals surface area contributed by atoms with Crippen molar-refractivity contribution < 1.29 is 28.2 Å². The molecule has 0 aliphatic heterocycles. The van der Waals surface area contributed by atoms with Crippen LogP contribution in [-0.4, -0.2) is 49.0 Å². The van der Waals surface area contributed by atoms with Gasteiger partial charge in [0.05, 0.1) is 23.6 Å². The number of benzene rings is 1. The van der Waals surface area contributed by atoms with E-state index >= 15 is 0 Å². The van der Waals surface area contributed by atoms with Crippen molar-refractivity contribution in [3.8, 4) is 0 Å². The second-order valence-corrected chi connectivity index (χ2v) is 7.46. The largest absolute Gasteiger partial charge is 0.461 e. The van der Waals surface area contributed by atoms with Crippen LogP contribution >= 0.6 is 0 Å². The number of carbonyl (C=O) groups excluding carboxylic acids is 1. The topological polar surface area (TPSA) is 113 Å². The lowest BCUT2D eigenvalue weighted by Gasteiger charge is -2.29. The van der Waals surface area contributed by atoms with E-state index < -0.39 is 40.3 Å². The maximum Gasteiger partial charge on any atom is 0.342 e. The van der Waals surface area contributed by atoms with Crippen LogP contribution in [0.3, 0.4) is 0 Å². The van der Waals surface area contributed by atoms with Crippen LogP contribution in [0.15, 0.2) is 29.2 Å². The Morgan fingerprint density at radius 2 is 1.78 bits per heavy atom. The lowest BCUT2D eigenvalue weighted by Crippen LogP contribution is -2.57. The number of aliphatic hydroxyl groups excluding tert-OH is 1. The molecule has 0 bridgehead atoms. The van der Waals surface area contributed by atoms with E-state index in [0.29, 0.717) is 0 Å². The summed E-state index contributed by atoms with van der Waals surface area (Å²) in [6, 6.07) is 6.07. The van der Waals surface area contributed by atoms with Gasteiger partial charge in [-0.3, -0.25) is 0 Å². The monoisotopic (exact) mass is 345 g/mol. The average Bonchev–Trinajstić information content (AvgIpc) is 2.44. The summed E-state index contributed by atoms with van der Waals surface area (Å²) >= 11 is 0. The molecule has 23 heavy (non-hydrogen) atoms. The summed E-state index contributed by atoms with van der Waals surface area (Å²) in [5.74, 6) is -1.09. The zero-order valence-corrected chi connectivity index (χ0v) is 14.4. The van der Waals surface area contributed by atoms with Crippen molar-refractivity contribution in [1.82, 2.24) is 4.72 Å². The molecule has 8 heteroatoms. The molecule has 0 fully saturated rings. The van der Waals surface area contributed by atoms with Gasteiger partial charge in [-0.05, 0) is 39.8 Å². The first-order valence-corrected chi connectivity index (χ1v) is 8.65. The first kappa shape index (κ1) is 19.6. The van der Waals surface area contributed by atoms with Crippen LogP contribution in [0, 0.1) is 6.92 Å². The summed E-state index contributed by atoms with van der Waals surface area (Å²) < 4.78 is 31.4. The predicted molar refractivity (Wildman–Crippen MR) is 84.2 cm³/mol. The molecule has 3 N–H and O–H groups in total. The van der Waals surface area contributed by atoms with Crippen LogP contribution in [0.1, 0.15) is 26.3 Å². The minimum absolute atomic E-state index is 0.00623. The number of nitrogens with one attached hydrogen (secondary N) is 1. The van der Waals surface area contributed by atoms with E-state index in [4.69, 9.17) is 4.74 Å². The molecule has 0 aliphatic carbocycles. The SMILES string of the molecule is Cc1ccc(S(=O)(=O)NC[C@](O)(C(=O)OC(C)C)[C@H](C)O)cc1. The first-order valence-electron chi connectivity index (χ1n) is 7.17. The number of hydrogen-bond donors (Lipinski definition) is 3. The summed E-state index contributed by atoms with van der Waals surface area (Å²) in [5.41, 5.74) is -1.48. The summed E-state index contributed by atoms with van der Waals surface area (Å²) in [6.07, 6.45) is -2.03. The van der Waals surface area contributed by atoms with E-state index in [1.54, 1.807) is 26.0 Å². The van der Waals surface area contributed by atoms with Crippen molar-refractivity contribution >= 4 is 16.0 Å². The number of ether oxygens (including phenoxy) is 1. The lowest BCUT2D eigenvalue weighted by molar-refractivity contribution is -0.179. The van der Waals surface area contributed by atoms with Gasteiger partial charge in [0.2, 0.25) is 15.6 Å². The third-order valence-corrected chi connectivity index (χ3v) is 4.67. The fourth-order valence-electron chi connectivity index (χ4n) is 1.71. The van der Waals surface area contributed by atoms with Crippen LogP contribution in [0.4, 0.5) is 0 Å². The van der Waals surface area contributed by atoms with Gasteiger partial charge in [0.25, 0.3) is 0 Å². The van der Waals surface area contributed by atoms with Gasteiger partial charge in [0.1, 0.15) is 0 Å². The van der Waals surface area contributed by atoms with E-state index in [1.807, 2.05) is 6.92 Å². The van der Waals surface area contributed by atoms with Crippen molar-refractivity contribution in [3.05, 3.63) is 29.8 Å². The van der Waals surface area contributed by atoms with Gasteiger partial charge in [0, 0.05) is 0 Å². The van der Waals surface area contributed by atoms with Gasteiger partial charge < -0.3 is 14.9 Å². The second kappa shape index (κ2) is 7.39. The van der Waals surface area contributed by atoms with Gasteiger partial charge in [-0.25, -0.2) is 17.9 Å². The number of hydrogen-bond acceptors (Lipinski definition) is 6. The summed E-state index contributed by atoms with van der Waals surface area (Å²) in [5, 5.41) is 20.0. The lowest BCUT2D eigenvalue weighted by atomic mass is 9.98.